The first-order valence-corrected chi connectivity index (χ1v) is 10.7. The highest BCUT2D eigenvalue weighted by molar-refractivity contribution is 7.14. The van der Waals surface area contributed by atoms with Gasteiger partial charge in [0.05, 0.1) is 23.6 Å². The van der Waals surface area contributed by atoms with Gasteiger partial charge in [-0.2, -0.15) is 0 Å². The molecule has 7 heteroatoms. The molecule has 31 heavy (non-hydrogen) atoms. The molecule has 2 heterocycles. The second-order valence-corrected chi connectivity index (χ2v) is 8.20. The molecule has 0 aliphatic carbocycles. The van der Waals surface area contributed by atoms with E-state index in [4.69, 9.17) is 4.74 Å². The Kier molecular flexibility index (Phi) is 5.69. The number of anilines is 2. The van der Waals surface area contributed by atoms with Crippen molar-refractivity contribution in [2.45, 2.75) is 27.2 Å². The molecule has 1 aromatic heterocycles. The van der Waals surface area contributed by atoms with Crippen LogP contribution in [-0.2, 0) is 4.79 Å². The number of carbonyl (C=O) groups excluding carboxylic acids is 2. The highest BCUT2D eigenvalue weighted by Crippen LogP contribution is 2.34. The number of benzene rings is 2. The Morgan fingerprint density at radius 3 is 2.84 bits per heavy atom. The van der Waals surface area contributed by atoms with Gasteiger partial charge in [-0.1, -0.05) is 12.1 Å². The summed E-state index contributed by atoms with van der Waals surface area (Å²) in [5, 5.41) is 2.33. The molecule has 0 bridgehead atoms. The zero-order valence-electron chi connectivity index (χ0n) is 17.4. The first kappa shape index (κ1) is 20.9. The topological polar surface area (TPSA) is 59.5 Å². The van der Waals surface area contributed by atoms with E-state index in [0.717, 1.165) is 16.8 Å². The average Bonchev–Trinajstić information content (AvgIpc) is 3.12. The molecule has 4 rings (SSSR count). The smallest absolute Gasteiger partial charge is 0.230 e. The van der Waals surface area contributed by atoms with Crippen LogP contribution in [0.3, 0.4) is 0 Å². The molecule has 2 aromatic carbocycles. The fourth-order valence-electron chi connectivity index (χ4n) is 3.51. The Hall–Kier alpha value is -3.32. The van der Waals surface area contributed by atoms with Crippen LogP contribution in [0.2, 0.25) is 0 Å². The van der Waals surface area contributed by atoms with Crippen LogP contribution in [0.5, 0.6) is 5.75 Å². The number of halogens is 1. The van der Waals surface area contributed by atoms with Crippen LogP contribution in [0.25, 0.3) is 6.08 Å². The Labute approximate surface area is 183 Å². The number of nitrogens with zero attached hydrogens (tertiary/aromatic N) is 2. The third-order valence-corrected chi connectivity index (χ3v) is 6.11. The lowest BCUT2D eigenvalue weighted by Crippen LogP contribution is -2.23. The maximum Gasteiger partial charge on any atom is 0.230 e. The largest absolute Gasteiger partial charge is 0.492 e. The number of carbonyl (C=O) groups is 2. The van der Waals surface area contributed by atoms with E-state index in [1.54, 1.807) is 16.4 Å². The third-order valence-electron chi connectivity index (χ3n) is 5.26. The summed E-state index contributed by atoms with van der Waals surface area (Å²) < 4.78 is 19.3. The number of amides is 1. The summed E-state index contributed by atoms with van der Waals surface area (Å²) in [5.74, 6) is -0.532. The van der Waals surface area contributed by atoms with E-state index in [-0.39, 0.29) is 17.3 Å². The standard InChI is InChI=1S/C24H21FN2O3S/c1-14-5-4-6-21(15(14)2)27(16(3)28)24-26-19(13-31-24)11-17-9-10-30-22-8-7-18(25)12-20(22)23(17)29/h4-8,11-13H,9-10H2,1-3H3/b17-11-. The molecule has 0 saturated heterocycles. The molecule has 3 aromatic rings. The van der Waals surface area contributed by atoms with Gasteiger partial charge < -0.3 is 4.74 Å². The zero-order chi connectivity index (χ0) is 22.1. The van der Waals surface area contributed by atoms with Gasteiger partial charge in [-0.15, -0.1) is 11.3 Å². The predicted molar refractivity (Wildman–Crippen MR) is 120 cm³/mol. The molecular formula is C24H21FN2O3S. The predicted octanol–water partition coefficient (Wildman–Crippen LogP) is 5.63. The SMILES string of the molecule is CC(=O)N(c1nc(/C=C2/CCOc3ccc(F)cc3C2=O)cs1)c1cccc(C)c1C. The Morgan fingerprint density at radius 2 is 2.06 bits per heavy atom. The summed E-state index contributed by atoms with van der Waals surface area (Å²) in [6.45, 7) is 5.78. The van der Waals surface area contributed by atoms with Crippen molar-refractivity contribution in [1.82, 2.24) is 4.98 Å². The lowest BCUT2D eigenvalue weighted by atomic mass is 10.0. The van der Waals surface area contributed by atoms with Crippen molar-refractivity contribution in [3.8, 4) is 5.75 Å². The number of aromatic nitrogens is 1. The minimum atomic E-state index is -0.487. The van der Waals surface area contributed by atoms with Crippen molar-refractivity contribution in [2.24, 2.45) is 0 Å². The van der Waals surface area contributed by atoms with Gasteiger partial charge in [-0.3, -0.25) is 14.5 Å². The lowest BCUT2D eigenvalue weighted by Gasteiger charge is -2.21. The van der Waals surface area contributed by atoms with E-state index >= 15 is 0 Å². The summed E-state index contributed by atoms with van der Waals surface area (Å²) in [4.78, 5) is 31.6. The monoisotopic (exact) mass is 436 g/mol. The van der Waals surface area contributed by atoms with E-state index in [2.05, 4.69) is 4.98 Å². The number of thiazole rings is 1. The van der Waals surface area contributed by atoms with Crippen LogP contribution in [-0.4, -0.2) is 23.3 Å². The highest BCUT2D eigenvalue weighted by atomic mass is 32.1. The van der Waals surface area contributed by atoms with Gasteiger partial charge in [-0.05, 0) is 55.3 Å². The molecule has 5 nitrogen and oxygen atoms in total. The van der Waals surface area contributed by atoms with Gasteiger partial charge in [0, 0.05) is 24.3 Å². The first-order valence-electron chi connectivity index (χ1n) is 9.85. The molecule has 0 atom stereocenters. The minimum Gasteiger partial charge on any atom is -0.492 e. The van der Waals surface area contributed by atoms with Crippen LogP contribution in [0.1, 0.15) is 40.5 Å². The van der Waals surface area contributed by atoms with E-state index in [9.17, 15) is 14.0 Å². The first-order chi connectivity index (χ1) is 14.8. The zero-order valence-corrected chi connectivity index (χ0v) is 18.3. The van der Waals surface area contributed by atoms with Gasteiger partial charge in [0.15, 0.2) is 10.9 Å². The van der Waals surface area contributed by atoms with Crippen LogP contribution in [0.4, 0.5) is 15.2 Å². The number of ketones is 1. The number of Topliss-reactive ketones (excluding diaryl/α,β-unsaturated/α-hetero) is 1. The number of hydrogen-bond donors (Lipinski definition) is 0. The fourth-order valence-corrected chi connectivity index (χ4v) is 4.35. The van der Waals surface area contributed by atoms with Crippen LogP contribution in [0.15, 0.2) is 47.4 Å². The van der Waals surface area contributed by atoms with Crippen molar-refractivity contribution >= 4 is 39.9 Å². The molecule has 158 valence electrons. The quantitative estimate of drug-likeness (QED) is 0.499. The maximum atomic E-state index is 13.7. The van der Waals surface area contributed by atoms with Gasteiger partial charge in [-0.25, -0.2) is 9.37 Å². The molecule has 1 aliphatic rings. The maximum absolute atomic E-state index is 13.7. The summed E-state index contributed by atoms with van der Waals surface area (Å²) in [6, 6.07) is 9.74. The fraction of sp³-hybridized carbons (Fsp3) is 0.208. The van der Waals surface area contributed by atoms with Crippen molar-refractivity contribution in [1.29, 1.82) is 0 Å². The molecule has 1 aliphatic heterocycles. The normalized spacial score (nSPS) is 14.7. The van der Waals surface area contributed by atoms with E-state index in [1.165, 1.54) is 36.5 Å². The minimum absolute atomic E-state index is 0.148. The van der Waals surface area contributed by atoms with Crippen molar-refractivity contribution in [3.05, 3.63) is 75.6 Å². The molecule has 0 N–H and O–H groups in total. The van der Waals surface area contributed by atoms with Crippen molar-refractivity contribution < 1.29 is 18.7 Å². The van der Waals surface area contributed by atoms with Crippen molar-refractivity contribution in [3.63, 3.8) is 0 Å². The molecule has 0 saturated carbocycles. The Balaban J connectivity index is 1.69. The van der Waals surface area contributed by atoms with Crippen molar-refractivity contribution in [2.75, 3.05) is 11.5 Å². The Morgan fingerprint density at radius 1 is 1.26 bits per heavy atom. The van der Waals surface area contributed by atoms with Crippen LogP contribution >= 0.6 is 11.3 Å². The molecule has 1 amide bonds. The summed E-state index contributed by atoms with van der Waals surface area (Å²) in [7, 11) is 0. The summed E-state index contributed by atoms with van der Waals surface area (Å²) >= 11 is 1.33. The molecule has 0 radical (unpaired) electrons. The van der Waals surface area contributed by atoms with Gasteiger partial charge in [0.2, 0.25) is 5.91 Å². The second-order valence-electron chi connectivity index (χ2n) is 7.37. The number of aryl methyl sites for hydroxylation is 1. The molecule has 0 unspecified atom stereocenters. The molecule has 0 spiro atoms. The number of rotatable bonds is 3. The number of hydrogen-bond acceptors (Lipinski definition) is 5. The highest BCUT2D eigenvalue weighted by Gasteiger charge is 2.23. The lowest BCUT2D eigenvalue weighted by molar-refractivity contribution is -0.115. The number of ether oxygens (including phenoxy) is 1. The van der Waals surface area contributed by atoms with E-state index in [1.807, 2.05) is 32.0 Å². The van der Waals surface area contributed by atoms with Crippen LogP contribution in [0, 0.1) is 19.7 Å². The summed E-state index contributed by atoms with van der Waals surface area (Å²) in [5.41, 5.74) is 4.13. The molecule has 0 fully saturated rings. The van der Waals surface area contributed by atoms with E-state index in [0.29, 0.717) is 35.2 Å². The van der Waals surface area contributed by atoms with Crippen LogP contribution < -0.4 is 9.64 Å². The Bertz CT molecular complexity index is 1220. The van der Waals surface area contributed by atoms with Gasteiger partial charge in [0.25, 0.3) is 0 Å². The average molecular weight is 437 g/mol. The third kappa shape index (κ3) is 4.14. The summed E-state index contributed by atoms with van der Waals surface area (Å²) in [6.07, 6.45) is 2.07. The second kappa shape index (κ2) is 8.43. The molecular weight excluding hydrogens is 415 g/mol. The van der Waals surface area contributed by atoms with Gasteiger partial charge >= 0.3 is 0 Å². The number of fused-ring (bicyclic) bond motifs is 1. The van der Waals surface area contributed by atoms with E-state index < -0.39 is 5.82 Å². The van der Waals surface area contributed by atoms with Gasteiger partial charge in [0.1, 0.15) is 11.6 Å².